The van der Waals surface area contributed by atoms with Crippen LogP contribution in [0.15, 0.2) is 0 Å². The molecule has 0 N–H and O–H groups in total. The second-order valence-electron chi connectivity index (χ2n) is 8.73. The average Bonchev–Trinajstić information content (AvgIpc) is 2.53. The second kappa shape index (κ2) is 6.27. The largest absolute Gasteiger partial charge is 0.420 e. The van der Waals surface area contributed by atoms with E-state index in [1.54, 1.807) is 0 Å². The summed E-state index contributed by atoms with van der Waals surface area (Å²) in [6.45, 7) is 4.33. The van der Waals surface area contributed by atoms with Gasteiger partial charge in [0, 0.05) is 13.1 Å². The molecule has 0 spiro atoms. The lowest BCUT2D eigenvalue weighted by Gasteiger charge is -2.56. The Balaban J connectivity index is 1.26. The zero-order valence-electron chi connectivity index (χ0n) is 14.5. The summed E-state index contributed by atoms with van der Waals surface area (Å²) in [4.78, 5) is 14.0. The van der Waals surface area contributed by atoms with Gasteiger partial charge in [0.05, 0.1) is 6.61 Å². The topological polar surface area (TPSA) is 38.8 Å². The number of ether oxygens (including phenoxy) is 2. The van der Waals surface area contributed by atoms with Gasteiger partial charge in [-0.3, -0.25) is 0 Å². The Hall–Kier alpha value is -0.770. The summed E-state index contributed by atoms with van der Waals surface area (Å²) < 4.78 is 11.5. The normalized spacial score (nSPS) is 40.2. The van der Waals surface area contributed by atoms with Crippen LogP contribution in [0.3, 0.4) is 0 Å². The van der Waals surface area contributed by atoms with Crippen LogP contribution in [0.4, 0.5) is 4.79 Å². The molecule has 4 nitrogen and oxygen atoms in total. The van der Waals surface area contributed by atoms with Crippen LogP contribution in [0.25, 0.3) is 0 Å². The molecule has 5 rings (SSSR count). The first-order valence-electron chi connectivity index (χ1n) is 9.69. The molecule has 5 aliphatic rings. The number of amides is 1. The third-order valence-electron chi connectivity index (χ3n) is 6.67. The molecule has 23 heavy (non-hydrogen) atoms. The molecule has 0 aromatic rings. The highest BCUT2D eigenvalue weighted by Crippen LogP contribution is 2.60. The fourth-order valence-corrected chi connectivity index (χ4v) is 6.09. The molecular formula is C19H31NO3. The van der Waals surface area contributed by atoms with E-state index >= 15 is 0 Å². The molecule has 1 saturated heterocycles. The zero-order chi connectivity index (χ0) is 15.9. The molecule has 4 bridgehead atoms. The number of hydrogen-bond acceptors (Lipinski definition) is 3. The molecule has 0 radical (unpaired) electrons. The van der Waals surface area contributed by atoms with E-state index in [1.807, 2.05) is 11.8 Å². The Labute approximate surface area is 139 Å². The van der Waals surface area contributed by atoms with Crippen LogP contribution in [-0.4, -0.2) is 37.0 Å². The van der Waals surface area contributed by atoms with E-state index in [4.69, 9.17) is 9.47 Å². The summed E-state index contributed by atoms with van der Waals surface area (Å²) in [7, 11) is 0. The second-order valence-corrected chi connectivity index (χ2v) is 8.73. The lowest BCUT2D eigenvalue weighted by atomic mass is 9.50. The highest BCUT2D eigenvalue weighted by Gasteiger charge is 2.51. The predicted molar refractivity (Wildman–Crippen MR) is 87.9 cm³/mol. The Kier molecular flexibility index (Phi) is 4.29. The summed E-state index contributed by atoms with van der Waals surface area (Å²) in [5.74, 6) is 2.82. The number of nitrogens with zero attached hydrogens (tertiary/aromatic N) is 1. The smallest absolute Gasteiger partial charge is 0.412 e. The molecule has 0 aromatic heterocycles. The van der Waals surface area contributed by atoms with E-state index in [1.165, 1.54) is 44.9 Å². The summed E-state index contributed by atoms with van der Waals surface area (Å²) in [6, 6.07) is 0. The number of hydrogen-bond donors (Lipinski definition) is 0. The van der Waals surface area contributed by atoms with E-state index in [-0.39, 0.29) is 6.09 Å². The van der Waals surface area contributed by atoms with Gasteiger partial charge in [0.2, 0.25) is 6.29 Å². The Morgan fingerprint density at radius 1 is 1.04 bits per heavy atom. The van der Waals surface area contributed by atoms with Crippen molar-refractivity contribution >= 4 is 6.09 Å². The molecule has 1 atom stereocenters. The van der Waals surface area contributed by atoms with Crippen LogP contribution < -0.4 is 0 Å². The molecular weight excluding hydrogens is 290 g/mol. The van der Waals surface area contributed by atoms with E-state index in [0.29, 0.717) is 5.41 Å². The van der Waals surface area contributed by atoms with E-state index in [2.05, 4.69) is 0 Å². The fourth-order valence-electron chi connectivity index (χ4n) is 6.09. The number of carbonyl (C=O) groups excluding carboxylic acids is 1. The van der Waals surface area contributed by atoms with E-state index < -0.39 is 6.29 Å². The zero-order valence-corrected chi connectivity index (χ0v) is 14.5. The maximum Gasteiger partial charge on any atom is 0.412 e. The summed E-state index contributed by atoms with van der Waals surface area (Å²) in [5, 5.41) is 0. The predicted octanol–water partition coefficient (Wildman–Crippen LogP) is 4.19. The molecule has 4 heteroatoms. The molecule has 1 amide bonds. The van der Waals surface area contributed by atoms with Crippen LogP contribution in [0.2, 0.25) is 0 Å². The van der Waals surface area contributed by atoms with Gasteiger partial charge in [0.15, 0.2) is 0 Å². The van der Waals surface area contributed by atoms with Gasteiger partial charge in [0.25, 0.3) is 0 Å². The number of rotatable bonds is 4. The van der Waals surface area contributed by atoms with Gasteiger partial charge in [-0.05, 0) is 87.9 Å². The number of piperidine rings is 1. The van der Waals surface area contributed by atoms with Crippen molar-refractivity contribution in [1.82, 2.24) is 4.90 Å². The van der Waals surface area contributed by atoms with Crippen molar-refractivity contribution in [3.63, 3.8) is 0 Å². The van der Waals surface area contributed by atoms with Crippen molar-refractivity contribution in [2.45, 2.75) is 71.0 Å². The summed E-state index contributed by atoms with van der Waals surface area (Å²) in [5.41, 5.74) is 0.389. The third-order valence-corrected chi connectivity index (χ3v) is 6.67. The van der Waals surface area contributed by atoms with Gasteiger partial charge in [-0.15, -0.1) is 0 Å². The van der Waals surface area contributed by atoms with Crippen LogP contribution >= 0.6 is 0 Å². The van der Waals surface area contributed by atoms with Gasteiger partial charge in [-0.1, -0.05) is 0 Å². The monoisotopic (exact) mass is 321 g/mol. The van der Waals surface area contributed by atoms with Crippen LogP contribution in [0.5, 0.6) is 0 Å². The number of likely N-dealkylation sites (tertiary alicyclic amines) is 1. The lowest BCUT2D eigenvalue weighted by molar-refractivity contribution is -0.160. The minimum atomic E-state index is -0.419. The molecule has 4 aliphatic carbocycles. The number of carbonyl (C=O) groups is 1. The summed E-state index contributed by atoms with van der Waals surface area (Å²) >= 11 is 0. The van der Waals surface area contributed by atoms with Crippen LogP contribution in [-0.2, 0) is 9.47 Å². The van der Waals surface area contributed by atoms with Gasteiger partial charge >= 0.3 is 6.09 Å². The average molecular weight is 321 g/mol. The van der Waals surface area contributed by atoms with Gasteiger partial charge in [0.1, 0.15) is 0 Å². The minimum absolute atomic E-state index is 0.192. The minimum Gasteiger partial charge on any atom is -0.420 e. The van der Waals surface area contributed by atoms with Crippen molar-refractivity contribution < 1.29 is 14.3 Å². The van der Waals surface area contributed by atoms with Crippen molar-refractivity contribution in [2.24, 2.45) is 23.2 Å². The van der Waals surface area contributed by atoms with Crippen molar-refractivity contribution in [1.29, 1.82) is 0 Å². The molecule has 130 valence electrons. The van der Waals surface area contributed by atoms with Crippen molar-refractivity contribution in [2.75, 3.05) is 19.7 Å². The quantitative estimate of drug-likeness (QED) is 0.729. The van der Waals surface area contributed by atoms with Gasteiger partial charge in [-0.2, -0.15) is 0 Å². The maximum atomic E-state index is 12.2. The standard InChI is InChI=1S/C19H31NO3/c1-14(23-18(21)20-5-3-2-4-6-20)22-13-19-10-15-7-16(11-19)9-17(8-15)12-19/h14-17H,2-13H2,1H3. The van der Waals surface area contributed by atoms with Crippen LogP contribution in [0, 0.1) is 23.2 Å². The highest BCUT2D eigenvalue weighted by atomic mass is 16.7. The molecule has 1 aliphatic heterocycles. The molecule has 0 aromatic carbocycles. The summed E-state index contributed by atoms with van der Waals surface area (Å²) in [6.07, 6.45) is 11.2. The van der Waals surface area contributed by atoms with E-state index in [9.17, 15) is 4.79 Å². The first-order chi connectivity index (χ1) is 11.1. The first kappa shape index (κ1) is 15.7. The molecule has 1 unspecified atom stereocenters. The molecule has 1 heterocycles. The third kappa shape index (κ3) is 3.38. The highest BCUT2D eigenvalue weighted by molar-refractivity contribution is 5.67. The Morgan fingerprint density at radius 3 is 2.17 bits per heavy atom. The SMILES string of the molecule is CC(OCC12CC3CC(CC(C3)C1)C2)OC(=O)N1CCCCC1. The van der Waals surface area contributed by atoms with E-state index in [0.717, 1.165) is 50.3 Å². The Morgan fingerprint density at radius 2 is 1.61 bits per heavy atom. The maximum absolute atomic E-state index is 12.2. The Bertz CT molecular complexity index is 409. The lowest BCUT2D eigenvalue weighted by Crippen LogP contribution is -2.48. The van der Waals surface area contributed by atoms with Gasteiger partial charge in [-0.25, -0.2) is 4.79 Å². The van der Waals surface area contributed by atoms with Crippen molar-refractivity contribution in [3.05, 3.63) is 0 Å². The van der Waals surface area contributed by atoms with Gasteiger partial charge < -0.3 is 14.4 Å². The fraction of sp³-hybridized carbons (Fsp3) is 0.947. The van der Waals surface area contributed by atoms with Crippen molar-refractivity contribution in [3.8, 4) is 0 Å². The molecule has 4 saturated carbocycles. The molecule has 5 fully saturated rings. The first-order valence-corrected chi connectivity index (χ1v) is 9.69. The van der Waals surface area contributed by atoms with Crippen LogP contribution in [0.1, 0.15) is 64.7 Å².